The lowest BCUT2D eigenvalue weighted by Crippen LogP contribution is -2.32. The summed E-state index contributed by atoms with van der Waals surface area (Å²) in [6, 6.07) is 12.1. The molecule has 4 nitrogen and oxygen atoms in total. The van der Waals surface area contributed by atoms with Crippen LogP contribution < -0.4 is 5.32 Å². The lowest BCUT2D eigenvalue weighted by Gasteiger charge is -2.32. The maximum absolute atomic E-state index is 10.5. The van der Waals surface area contributed by atoms with Crippen LogP contribution in [-0.2, 0) is 6.42 Å². The zero-order chi connectivity index (χ0) is 15.3. The van der Waals surface area contributed by atoms with Crippen LogP contribution in [0, 0.1) is 13.8 Å². The minimum Gasteiger partial charge on any atom is -0.390 e. The molecule has 0 bridgehead atoms. The van der Waals surface area contributed by atoms with E-state index in [2.05, 4.69) is 22.7 Å². The summed E-state index contributed by atoms with van der Waals surface area (Å²) in [5.41, 5.74) is 6.40. The van der Waals surface area contributed by atoms with E-state index < -0.39 is 6.10 Å². The first-order chi connectivity index (χ1) is 10.6. The summed E-state index contributed by atoms with van der Waals surface area (Å²) in [7, 11) is 0. The molecule has 2 unspecified atom stereocenters. The van der Waals surface area contributed by atoms with Gasteiger partial charge in [0, 0.05) is 18.3 Å². The summed E-state index contributed by atoms with van der Waals surface area (Å²) in [6.45, 7) is 4.11. The second kappa shape index (κ2) is 4.85. The van der Waals surface area contributed by atoms with E-state index in [1.54, 1.807) is 0 Å². The molecule has 4 rings (SSSR count). The number of aromatic nitrogens is 2. The summed E-state index contributed by atoms with van der Waals surface area (Å²) in [5.74, 6) is 0. The highest BCUT2D eigenvalue weighted by atomic mass is 16.3. The van der Waals surface area contributed by atoms with Crippen LogP contribution in [0.1, 0.15) is 28.6 Å². The van der Waals surface area contributed by atoms with Crippen LogP contribution >= 0.6 is 0 Å². The van der Waals surface area contributed by atoms with Crippen molar-refractivity contribution in [3.63, 3.8) is 0 Å². The Bertz CT molecular complexity index is 838. The molecule has 0 radical (unpaired) electrons. The molecule has 1 aromatic carbocycles. The number of aryl methyl sites for hydroxylation is 2. The van der Waals surface area contributed by atoms with Gasteiger partial charge in [-0.15, -0.1) is 0 Å². The molecule has 22 heavy (non-hydrogen) atoms. The number of rotatable bonds is 1. The summed E-state index contributed by atoms with van der Waals surface area (Å²) < 4.78 is 2.11. The molecule has 0 amide bonds. The van der Waals surface area contributed by atoms with Crippen molar-refractivity contribution in [1.29, 1.82) is 0 Å². The average molecular weight is 293 g/mol. The number of benzene rings is 1. The number of nitrogens with one attached hydrogen (secondary N) is 1. The van der Waals surface area contributed by atoms with Crippen molar-refractivity contribution in [2.24, 2.45) is 0 Å². The minimum absolute atomic E-state index is 0.0998. The molecule has 0 saturated heterocycles. The highest BCUT2D eigenvalue weighted by Gasteiger charge is 2.29. The molecule has 0 fully saturated rings. The van der Waals surface area contributed by atoms with E-state index in [9.17, 15) is 5.11 Å². The fraction of sp³-hybridized carbons (Fsp3) is 0.278. The standard InChI is InChI=1S/C18H19N3O/c1-11-12(2)21-9-8-14-10-15(22)16(13-6-4-3-5-7-13)20-17(14)18(21)19-11/h3-9,15-16,20,22H,10H2,1-2H3. The Balaban J connectivity index is 1.85. The average Bonchev–Trinajstić information content (AvgIpc) is 2.83. The van der Waals surface area contributed by atoms with Gasteiger partial charge in [0.1, 0.15) is 0 Å². The Morgan fingerprint density at radius 3 is 2.73 bits per heavy atom. The molecular weight excluding hydrogens is 274 g/mol. The van der Waals surface area contributed by atoms with E-state index in [0.29, 0.717) is 6.42 Å². The molecular formula is C18H19N3O. The highest BCUT2D eigenvalue weighted by Crippen LogP contribution is 2.35. The molecule has 112 valence electrons. The predicted octanol–water partition coefficient (Wildman–Crippen LogP) is 3.02. The van der Waals surface area contributed by atoms with Crippen molar-refractivity contribution in [2.75, 3.05) is 5.32 Å². The van der Waals surface area contributed by atoms with Crippen molar-refractivity contribution >= 4 is 11.3 Å². The smallest absolute Gasteiger partial charge is 0.161 e. The van der Waals surface area contributed by atoms with Gasteiger partial charge in [0.25, 0.3) is 0 Å². The van der Waals surface area contributed by atoms with Crippen LogP contribution in [0.4, 0.5) is 5.69 Å². The topological polar surface area (TPSA) is 49.6 Å². The van der Waals surface area contributed by atoms with Gasteiger partial charge in [0.05, 0.1) is 23.5 Å². The van der Waals surface area contributed by atoms with Crippen molar-refractivity contribution in [3.8, 4) is 0 Å². The Morgan fingerprint density at radius 2 is 1.95 bits per heavy atom. The van der Waals surface area contributed by atoms with Crippen LogP contribution in [0.2, 0.25) is 0 Å². The number of aliphatic hydroxyl groups excluding tert-OH is 1. The molecule has 1 aliphatic rings. The molecule has 2 N–H and O–H groups in total. The van der Waals surface area contributed by atoms with Crippen molar-refractivity contribution in [3.05, 3.63) is 65.1 Å². The van der Waals surface area contributed by atoms with Gasteiger partial charge in [-0.1, -0.05) is 30.3 Å². The largest absolute Gasteiger partial charge is 0.390 e. The van der Waals surface area contributed by atoms with Gasteiger partial charge < -0.3 is 14.8 Å². The second-order valence-corrected chi connectivity index (χ2v) is 6.00. The van der Waals surface area contributed by atoms with Gasteiger partial charge in [-0.3, -0.25) is 0 Å². The molecule has 2 atom stereocenters. The number of anilines is 1. The molecule has 3 aromatic rings. The van der Waals surface area contributed by atoms with Gasteiger partial charge in [-0.2, -0.15) is 0 Å². The Labute approximate surface area is 129 Å². The van der Waals surface area contributed by atoms with E-state index in [1.807, 2.05) is 43.5 Å². The minimum atomic E-state index is -0.436. The van der Waals surface area contributed by atoms with Crippen LogP contribution in [0.25, 0.3) is 5.65 Å². The highest BCUT2D eigenvalue weighted by molar-refractivity contribution is 5.74. The first-order valence-electron chi connectivity index (χ1n) is 7.62. The number of hydrogen-bond donors (Lipinski definition) is 2. The lowest BCUT2D eigenvalue weighted by molar-refractivity contribution is 0.148. The number of imidazole rings is 1. The van der Waals surface area contributed by atoms with E-state index in [4.69, 9.17) is 4.98 Å². The third-order valence-electron chi connectivity index (χ3n) is 4.63. The molecule has 0 saturated carbocycles. The number of aliphatic hydroxyl groups is 1. The van der Waals surface area contributed by atoms with Gasteiger partial charge in [0.2, 0.25) is 0 Å². The van der Waals surface area contributed by atoms with Gasteiger partial charge >= 0.3 is 0 Å². The quantitative estimate of drug-likeness (QED) is 0.725. The SMILES string of the molecule is Cc1nc2c3c(ccn2c1C)CC(O)C(c1ccccc1)N3. The zero-order valence-electron chi connectivity index (χ0n) is 12.7. The van der Waals surface area contributed by atoms with Crippen molar-refractivity contribution in [1.82, 2.24) is 9.38 Å². The van der Waals surface area contributed by atoms with Crippen molar-refractivity contribution < 1.29 is 5.11 Å². The normalized spacial score (nSPS) is 20.7. The maximum Gasteiger partial charge on any atom is 0.161 e. The zero-order valence-corrected chi connectivity index (χ0v) is 12.7. The summed E-state index contributed by atoms with van der Waals surface area (Å²) in [6.07, 6.45) is 2.25. The van der Waals surface area contributed by atoms with E-state index in [0.717, 1.165) is 33.8 Å². The van der Waals surface area contributed by atoms with Gasteiger partial charge in [-0.05, 0) is 31.0 Å². The van der Waals surface area contributed by atoms with Gasteiger partial charge in [0.15, 0.2) is 5.65 Å². The lowest BCUT2D eigenvalue weighted by atomic mass is 9.91. The van der Waals surface area contributed by atoms with Crippen molar-refractivity contribution in [2.45, 2.75) is 32.4 Å². The fourth-order valence-corrected chi connectivity index (χ4v) is 3.27. The van der Waals surface area contributed by atoms with Crippen LogP contribution in [0.3, 0.4) is 0 Å². The molecule has 0 spiro atoms. The third kappa shape index (κ3) is 1.91. The van der Waals surface area contributed by atoms with Crippen LogP contribution in [0.15, 0.2) is 42.6 Å². The first-order valence-corrected chi connectivity index (χ1v) is 7.62. The summed E-state index contributed by atoms with van der Waals surface area (Å²) in [5, 5.41) is 14.0. The van der Waals surface area contributed by atoms with E-state index in [1.165, 1.54) is 0 Å². The summed E-state index contributed by atoms with van der Waals surface area (Å²) >= 11 is 0. The number of fused-ring (bicyclic) bond motifs is 3. The Hall–Kier alpha value is -2.33. The first kappa shape index (κ1) is 13.3. The molecule has 1 aliphatic heterocycles. The van der Waals surface area contributed by atoms with E-state index in [-0.39, 0.29) is 6.04 Å². The monoisotopic (exact) mass is 293 g/mol. The van der Waals surface area contributed by atoms with Crippen LogP contribution in [0.5, 0.6) is 0 Å². The molecule has 0 aliphatic carbocycles. The number of nitrogens with zero attached hydrogens (tertiary/aromatic N) is 2. The Morgan fingerprint density at radius 1 is 1.18 bits per heavy atom. The number of pyridine rings is 1. The van der Waals surface area contributed by atoms with E-state index >= 15 is 0 Å². The molecule has 4 heteroatoms. The van der Waals surface area contributed by atoms with Crippen LogP contribution in [-0.4, -0.2) is 20.6 Å². The summed E-state index contributed by atoms with van der Waals surface area (Å²) in [4.78, 5) is 4.70. The Kier molecular flexibility index (Phi) is 2.94. The third-order valence-corrected chi connectivity index (χ3v) is 4.63. The maximum atomic E-state index is 10.5. The predicted molar refractivity (Wildman–Crippen MR) is 87.2 cm³/mol. The number of hydrogen-bond acceptors (Lipinski definition) is 3. The van der Waals surface area contributed by atoms with Gasteiger partial charge in [-0.25, -0.2) is 4.98 Å². The fourth-order valence-electron chi connectivity index (χ4n) is 3.27. The molecule has 3 heterocycles. The second-order valence-electron chi connectivity index (χ2n) is 6.00. The molecule has 2 aromatic heterocycles.